The zero-order valence-corrected chi connectivity index (χ0v) is 11.0. The van der Waals surface area contributed by atoms with E-state index in [2.05, 4.69) is 5.32 Å². The number of carboxylic acid groups (broad SMARTS) is 1. The molecule has 0 aliphatic rings. The van der Waals surface area contributed by atoms with E-state index < -0.39 is 17.9 Å². The first-order chi connectivity index (χ1) is 8.82. The smallest absolute Gasteiger partial charge is 0.325 e. The molecule has 0 aliphatic heterocycles. The highest BCUT2D eigenvalue weighted by Gasteiger charge is 2.15. The second kappa shape index (κ2) is 5.99. The first-order valence-electron chi connectivity index (χ1n) is 5.68. The normalized spacial score (nSPS) is 11.5. The SMILES string of the molecule is C[C@@H](NC(=O)c1ccc(C(=O)N(C)C)cc1)C(=O)O. The van der Waals surface area contributed by atoms with Gasteiger partial charge in [-0.3, -0.25) is 14.4 Å². The lowest BCUT2D eigenvalue weighted by Crippen LogP contribution is -2.38. The number of hydrogen-bond donors (Lipinski definition) is 2. The van der Waals surface area contributed by atoms with Crippen LogP contribution in [0.15, 0.2) is 24.3 Å². The van der Waals surface area contributed by atoms with Crippen LogP contribution in [-0.2, 0) is 4.79 Å². The number of carboxylic acids is 1. The lowest BCUT2D eigenvalue weighted by atomic mass is 10.1. The van der Waals surface area contributed by atoms with Gasteiger partial charge in [0.1, 0.15) is 6.04 Å². The van der Waals surface area contributed by atoms with Gasteiger partial charge in [-0.05, 0) is 31.2 Å². The third kappa shape index (κ3) is 3.80. The maximum absolute atomic E-state index is 11.7. The van der Waals surface area contributed by atoms with Gasteiger partial charge in [0.15, 0.2) is 0 Å². The Hall–Kier alpha value is -2.37. The van der Waals surface area contributed by atoms with Crippen LogP contribution in [0.2, 0.25) is 0 Å². The lowest BCUT2D eigenvalue weighted by molar-refractivity contribution is -0.138. The summed E-state index contributed by atoms with van der Waals surface area (Å²) < 4.78 is 0. The predicted molar refractivity (Wildman–Crippen MR) is 69.0 cm³/mol. The van der Waals surface area contributed by atoms with E-state index in [4.69, 9.17) is 5.11 Å². The Kier molecular flexibility index (Phi) is 4.63. The van der Waals surface area contributed by atoms with Crippen LogP contribution in [0.25, 0.3) is 0 Å². The van der Waals surface area contributed by atoms with Crippen molar-refractivity contribution in [1.82, 2.24) is 10.2 Å². The molecule has 0 unspecified atom stereocenters. The van der Waals surface area contributed by atoms with E-state index in [1.807, 2.05) is 0 Å². The highest BCUT2D eigenvalue weighted by atomic mass is 16.4. The standard InChI is InChI=1S/C13H16N2O4/c1-8(13(18)19)14-11(16)9-4-6-10(7-5-9)12(17)15(2)3/h4-8H,1-3H3,(H,14,16)(H,18,19)/t8-/m1/s1. The number of aliphatic carboxylic acids is 1. The third-order valence-electron chi connectivity index (χ3n) is 2.52. The zero-order valence-electron chi connectivity index (χ0n) is 11.0. The van der Waals surface area contributed by atoms with Crippen molar-refractivity contribution < 1.29 is 19.5 Å². The molecule has 2 N–H and O–H groups in total. The van der Waals surface area contributed by atoms with Crippen molar-refractivity contribution in [2.45, 2.75) is 13.0 Å². The minimum absolute atomic E-state index is 0.161. The van der Waals surface area contributed by atoms with Gasteiger partial charge in [-0.1, -0.05) is 0 Å². The van der Waals surface area contributed by atoms with Gasteiger partial charge in [0.25, 0.3) is 11.8 Å². The van der Waals surface area contributed by atoms with Gasteiger partial charge in [-0.25, -0.2) is 0 Å². The summed E-state index contributed by atoms with van der Waals surface area (Å²) in [5, 5.41) is 11.0. The molecule has 0 aliphatic carbocycles. The monoisotopic (exact) mass is 264 g/mol. The van der Waals surface area contributed by atoms with Crippen molar-refractivity contribution in [3.05, 3.63) is 35.4 Å². The summed E-state index contributed by atoms with van der Waals surface area (Å²) in [6.07, 6.45) is 0. The van der Waals surface area contributed by atoms with E-state index in [0.29, 0.717) is 11.1 Å². The number of hydrogen-bond acceptors (Lipinski definition) is 3. The van der Waals surface area contributed by atoms with Crippen molar-refractivity contribution in [2.24, 2.45) is 0 Å². The average molecular weight is 264 g/mol. The molecule has 0 aromatic heterocycles. The predicted octanol–water partition coefficient (Wildman–Crippen LogP) is 0.591. The first-order valence-corrected chi connectivity index (χ1v) is 5.68. The Morgan fingerprint density at radius 1 is 1.11 bits per heavy atom. The number of nitrogens with zero attached hydrogens (tertiary/aromatic N) is 1. The highest BCUT2D eigenvalue weighted by molar-refractivity contribution is 5.98. The zero-order chi connectivity index (χ0) is 14.6. The maximum Gasteiger partial charge on any atom is 0.325 e. The molecule has 1 rings (SSSR count). The Labute approximate surface area is 111 Å². The second-order valence-corrected chi connectivity index (χ2v) is 4.31. The molecule has 0 radical (unpaired) electrons. The molecule has 1 atom stereocenters. The van der Waals surface area contributed by atoms with Gasteiger partial charge < -0.3 is 15.3 Å². The van der Waals surface area contributed by atoms with Crippen LogP contribution >= 0.6 is 0 Å². The summed E-state index contributed by atoms with van der Waals surface area (Å²) >= 11 is 0. The Morgan fingerprint density at radius 2 is 1.58 bits per heavy atom. The van der Waals surface area contributed by atoms with Crippen molar-refractivity contribution >= 4 is 17.8 Å². The van der Waals surface area contributed by atoms with Crippen molar-refractivity contribution in [1.29, 1.82) is 0 Å². The molecule has 1 aromatic carbocycles. The molecule has 0 fully saturated rings. The third-order valence-corrected chi connectivity index (χ3v) is 2.52. The van der Waals surface area contributed by atoms with Gasteiger partial charge in [-0.15, -0.1) is 0 Å². The van der Waals surface area contributed by atoms with Gasteiger partial charge in [0.2, 0.25) is 0 Å². The molecule has 0 bridgehead atoms. The van der Waals surface area contributed by atoms with Crippen LogP contribution < -0.4 is 5.32 Å². The fourth-order valence-electron chi connectivity index (χ4n) is 1.36. The minimum Gasteiger partial charge on any atom is -0.480 e. The summed E-state index contributed by atoms with van der Waals surface area (Å²) in [4.78, 5) is 35.4. The maximum atomic E-state index is 11.7. The summed E-state index contributed by atoms with van der Waals surface area (Å²) in [6.45, 7) is 1.38. The molecular weight excluding hydrogens is 248 g/mol. The molecule has 0 saturated heterocycles. The van der Waals surface area contributed by atoms with E-state index in [0.717, 1.165) is 0 Å². The molecule has 2 amide bonds. The van der Waals surface area contributed by atoms with Crippen LogP contribution in [0.3, 0.4) is 0 Å². The molecule has 102 valence electrons. The minimum atomic E-state index is -1.10. The Bertz CT molecular complexity index is 494. The topological polar surface area (TPSA) is 86.7 Å². The molecule has 0 heterocycles. The second-order valence-electron chi connectivity index (χ2n) is 4.31. The highest BCUT2D eigenvalue weighted by Crippen LogP contribution is 2.06. The Balaban J connectivity index is 2.79. The molecule has 0 saturated carbocycles. The quantitative estimate of drug-likeness (QED) is 0.833. The fourth-order valence-corrected chi connectivity index (χ4v) is 1.36. The van der Waals surface area contributed by atoms with Crippen LogP contribution in [0.1, 0.15) is 27.6 Å². The summed E-state index contributed by atoms with van der Waals surface area (Å²) in [5.41, 5.74) is 0.774. The van der Waals surface area contributed by atoms with E-state index in [1.165, 1.54) is 36.1 Å². The van der Waals surface area contributed by atoms with Crippen LogP contribution in [0, 0.1) is 0 Å². The largest absolute Gasteiger partial charge is 0.480 e. The number of carbonyl (C=O) groups excluding carboxylic acids is 2. The average Bonchev–Trinajstić information content (AvgIpc) is 2.37. The molecule has 6 heteroatoms. The van der Waals surface area contributed by atoms with E-state index in [9.17, 15) is 14.4 Å². The summed E-state index contributed by atoms with van der Waals surface area (Å²) in [5.74, 6) is -1.75. The first kappa shape index (κ1) is 14.7. The fraction of sp³-hybridized carbons (Fsp3) is 0.308. The van der Waals surface area contributed by atoms with Gasteiger partial charge in [0, 0.05) is 25.2 Å². The van der Waals surface area contributed by atoms with Gasteiger partial charge >= 0.3 is 5.97 Å². The lowest BCUT2D eigenvalue weighted by Gasteiger charge is -2.11. The number of carbonyl (C=O) groups is 3. The van der Waals surface area contributed by atoms with Crippen molar-refractivity contribution in [3.63, 3.8) is 0 Å². The molecular formula is C13H16N2O4. The molecule has 1 aromatic rings. The van der Waals surface area contributed by atoms with Crippen LogP contribution in [-0.4, -0.2) is 47.9 Å². The van der Waals surface area contributed by atoms with E-state index in [1.54, 1.807) is 14.1 Å². The number of rotatable bonds is 4. The molecule has 6 nitrogen and oxygen atoms in total. The van der Waals surface area contributed by atoms with Crippen LogP contribution in [0.4, 0.5) is 0 Å². The summed E-state index contributed by atoms with van der Waals surface area (Å²) in [7, 11) is 3.27. The van der Waals surface area contributed by atoms with Crippen molar-refractivity contribution in [2.75, 3.05) is 14.1 Å². The molecule has 0 spiro atoms. The number of nitrogens with one attached hydrogen (secondary N) is 1. The van der Waals surface area contributed by atoms with E-state index in [-0.39, 0.29) is 5.91 Å². The number of benzene rings is 1. The van der Waals surface area contributed by atoms with Crippen LogP contribution in [0.5, 0.6) is 0 Å². The van der Waals surface area contributed by atoms with Crippen molar-refractivity contribution in [3.8, 4) is 0 Å². The number of amides is 2. The van der Waals surface area contributed by atoms with Gasteiger partial charge in [-0.2, -0.15) is 0 Å². The van der Waals surface area contributed by atoms with Gasteiger partial charge in [0.05, 0.1) is 0 Å². The Morgan fingerprint density at radius 3 is 2.00 bits per heavy atom. The summed E-state index contributed by atoms with van der Waals surface area (Å²) in [6, 6.07) is 5.07. The van der Waals surface area contributed by atoms with E-state index >= 15 is 0 Å². The molecule has 19 heavy (non-hydrogen) atoms.